The van der Waals surface area contributed by atoms with Gasteiger partial charge >= 0.3 is 0 Å². The van der Waals surface area contributed by atoms with Gasteiger partial charge in [0, 0.05) is 61.1 Å². The number of carbonyl (C=O) groups is 2. The molecule has 2 saturated heterocycles. The summed E-state index contributed by atoms with van der Waals surface area (Å²) in [5.74, 6) is -0.803. The largest absolute Gasteiger partial charge is 0.421 e. The standard InChI is InChI=1S/C31H32FN5O4/c1-18-35-36-29(41-18)20-6-4-19(5-7-20)16-37-13-12-31(40,30(2,3)17-37)24-9-10-25-23(27(24)32)14-21(15-33-25)22-8-11-26(38)34-28(22)39/h4-7,9-10,14-15,22,40H,8,11-13,16-17H2,1-3H3,(H,34,38,39)/t22?,31-/m1/s1. The van der Waals surface area contributed by atoms with Crippen LogP contribution in [-0.4, -0.2) is 50.1 Å². The van der Waals surface area contributed by atoms with Crippen molar-refractivity contribution < 1.29 is 23.5 Å². The van der Waals surface area contributed by atoms with E-state index in [1.54, 1.807) is 31.3 Å². The Hall–Kier alpha value is -4.02. The minimum atomic E-state index is -1.41. The third-order valence-electron chi connectivity index (χ3n) is 8.57. The molecule has 2 aliphatic rings. The third-order valence-corrected chi connectivity index (χ3v) is 8.57. The van der Waals surface area contributed by atoms with Crippen molar-refractivity contribution >= 4 is 22.7 Å². The van der Waals surface area contributed by atoms with E-state index in [0.29, 0.717) is 55.3 Å². The number of aliphatic hydroxyl groups is 1. The summed E-state index contributed by atoms with van der Waals surface area (Å²) in [6.45, 7) is 7.49. The Balaban J connectivity index is 1.23. The topological polar surface area (TPSA) is 121 Å². The molecule has 0 spiro atoms. The first-order valence-corrected chi connectivity index (χ1v) is 13.8. The number of hydrogen-bond donors (Lipinski definition) is 2. The molecule has 2 aromatic heterocycles. The van der Waals surface area contributed by atoms with Gasteiger partial charge in [-0.25, -0.2) is 4.39 Å². The van der Waals surface area contributed by atoms with Gasteiger partial charge in [-0.15, -0.1) is 10.2 Å². The molecule has 0 aliphatic carbocycles. The summed E-state index contributed by atoms with van der Waals surface area (Å²) in [4.78, 5) is 30.7. The molecule has 0 bridgehead atoms. The van der Waals surface area contributed by atoms with E-state index in [1.165, 1.54) is 0 Å². The van der Waals surface area contributed by atoms with Gasteiger partial charge in [0.25, 0.3) is 0 Å². The van der Waals surface area contributed by atoms with Gasteiger partial charge in [-0.05, 0) is 48.2 Å². The number of piperidine rings is 2. The highest BCUT2D eigenvalue weighted by atomic mass is 19.1. The van der Waals surface area contributed by atoms with E-state index in [-0.39, 0.29) is 23.3 Å². The summed E-state index contributed by atoms with van der Waals surface area (Å²) in [5, 5.41) is 22.6. The number of carbonyl (C=O) groups excluding carboxylic acids is 2. The summed E-state index contributed by atoms with van der Waals surface area (Å²) in [6, 6.07) is 12.9. The maximum Gasteiger partial charge on any atom is 0.247 e. The Morgan fingerprint density at radius 1 is 1.15 bits per heavy atom. The number of aryl methyl sites for hydroxylation is 1. The van der Waals surface area contributed by atoms with Gasteiger partial charge in [0.15, 0.2) is 0 Å². The van der Waals surface area contributed by atoms with Crippen LogP contribution in [0.2, 0.25) is 0 Å². The predicted molar refractivity (Wildman–Crippen MR) is 149 cm³/mol. The van der Waals surface area contributed by atoms with Crippen LogP contribution in [0.5, 0.6) is 0 Å². The number of hydrogen-bond acceptors (Lipinski definition) is 8. The zero-order valence-electron chi connectivity index (χ0n) is 23.3. The first kappa shape index (κ1) is 27.2. The highest BCUT2D eigenvalue weighted by Crippen LogP contribution is 2.48. The Morgan fingerprint density at radius 3 is 2.61 bits per heavy atom. The molecule has 2 aromatic carbocycles. The third kappa shape index (κ3) is 4.91. The van der Waals surface area contributed by atoms with Crippen molar-refractivity contribution in [1.29, 1.82) is 0 Å². The van der Waals surface area contributed by atoms with E-state index >= 15 is 4.39 Å². The van der Waals surface area contributed by atoms with Crippen LogP contribution in [0.25, 0.3) is 22.4 Å². The highest BCUT2D eigenvalue weighted by molar-refractivity contribution is 6.01. The summed E-state index contributed by atoms with van der Waals surface area (Å²) in [7, 11) is 0. The van der Waals surface area contributed by atoms with Crippen LogP contribution in [0.3, 0.4) is 0 Å². The average Bonchev–Trinajstić information content (AvgIpc) is 3.37. The molecule has 0 radical (unpaired) electrons. The fourth-order valence-electron chi connectivity index (χ4n) is 6.19. The average molecular weight is 558 g/mol. The zero-order chi connectivity index (χ0) is 28.9. The van der Waals surface area contributed by atoms with E-state index in [1.807, 2.05) is 38.1 Å². The first-order valence-electron chi connectivity index (χ1n) is 13.8. The SMILES string of the molecule is Cc1nnc(-c2ccc(CN3CC[C@@](O)(c4ccc5ncc(C6CCC(=O)NC6=O)cc5c4F)C(C)(C)C3)cc2)o1. The Labute approximate surface area is 236 Å². The maximum absolute atomic E-state index is 16.2. The van der Waals surface area contributed by atoms with Gasteiger partial charge in [0.05, 0.1) is 17.0 Å². The maximum atomic E-state index is 16.2. The summed E-state index contributed by atoms with van der Waals surface area (Å²) in [5.41, 5.74) is 1.11. The molecule has 212 valence electrons. The number of nitrogens with zero attached hydrogens (tertiary/aromatic N) is 4. The Kier molecular flexibility index (Phi) is 6.70. The van der Waals surface area contributed by atoms with Crippen molar-refractivity contribution in [3.05, 3.63) is 77.1 Å². The van der Waals surface area contributed by atoms with Crippen molar-refractivity contribution in [2.24, 2.45) is 5.41 Å². The van der Waals surface area contributed by atoms with Crippen molar-refractivity contribution in [3.8, 4) is 11.5 Å². The summed E-state index contributed by atoms with van der Waals surface area (Å²) >= 11 is 0. The number of nitrogens with one attached hydrogen (secondary N) is 1. The molecular formula is C31H32FN5O4. The Bertz CT molecular complexity index is 1650. The molecule has 41 heavy (non-hydrogen) atoms. The number of halogens is 1. The fourth-order valence-corrected chi connectivity index (χ4v) is 6.19. The fraction of sp³-hybridized carbons (Fsp3) is 0.387. The van der Waals surface area contributed by atoms with Gasteiger partial charge in [0.2, 0.25) is 23.6 Å². The second-order valence-electron chi connectivity index (χ2n) is 11.8. The molecule has 2 fully saturated rings. The molecule has 10 heteroatoms. The first-order chi connectivity index (χ1) is 19.5. The van der Waals surface area contributed by atoms with E-state index in [9.17, 15) is 14.7 Å². The van der Waals surface area contributed by atoms with Gasteiger partial charge in [-0.1, -0.05) is 32.0 Å². The van der Waals surface area contributed by atoms with Gasteiger partial charge in [0.1, 0.15) is 5.82 Å². The lowest BCUT2D eigenvalue weighted by molar-refractivity contribution is -0.134. The number of benzene rings is 2. The van der Waals surface area contributed by atoms with Crippen LogP contribution in [0, 0.1) is 18.2 Å². The van der Waals surface area contributed by atoms with E-state index in [2.05, 4.69) is 25.4 Å². The lowest BCUT2D eigenvalue weighted by Gasteiger charge is -2.50. The number of likely N-dealkylation sites (tertiary alicyclic amines) is 1. The minimum absolute atomic E-state index is 0.226. The molecule has 4 aromatic rings. The van der Waals surface area contributed by atoms with Crippen LogP contribution in [0.15, 0.2) is 53.1 Å². The molecule has 4 heterocycles. The predicted octanol–water partition coefficient (Wildman–Crippen LogP) is 4.37. The second-order valence-corrected chi connectivity index (χ2v) is 11.8. The second kappa shape index (κ2) is 10.1. The summed E-state index contributed by atoms with van der Waals surface area (Å²) < 4.78 is 21.7. The minimum Gasteiger partial charge on any atom is -0.421 e. The number of fused-ring (bicyclic) bond motifs is 1. The molecular weight excluding hydrogens is 525 g/mol. The van der Waals surface area contributed by atoms with Crippen molar-refractivity contribution in [2.45, 2.75) is 58.1 Å². The number of pyridine rings is 1. The highest BCUT2D eigenvalue weighted by Gasteiger charge is 2.50. The van der Waals surface area contributed by atoms with Gasteiger partial charge in [-0.3, -0.25) is 24.8 Å². The number of aromatic nitrogens is 3. The molecule has 2 aliphatic heterocycles. The lowest BCUT2D eigenvalue weighted by atomic mass is 9.66. The van der Waals surface area contributed by atoms with Crippen LogP contribution in [0.4, 0.5) is 4.39 Å². The smallest absolute Gasteiger partial charge is 0.247 e. The van der Waals surface area contributed by atoms with E-state index in [4.69, 9.17) is 4.42 Å². The number of rotatable bonds is 5. The quantitative estimate of drug-likeness (QED) is 0.347. The molecule has 1 unspecified atom stereocenters. The van der Waals surface area contributed by atoms with Crippen LogP contribution >= 0.6 is 0 Å². The normalized spacial score (nSPS) is 23.1. The molecule has 9 nitrogen and oxygen atoms in total. The monoisotopic (exact) mass is 557 g/mol. The molecule has 0 saturated carbocycles. The van der Waals surface area contributed by atoms with Crippen LogP contribution in [0.1, 0.15) is 61.6 Å². The number of amides is 2. The lowest BCUT2D eigenvalue weighted by Crippen LogP contribution is -2.55. The van der Waals surface area contributed by atoms with Gasteiger partial charge < -0.3 is 9.52 Å². The Morgan fingerprint density at radius 2 is 1.93 bits per heavy atom. The van der Waals surface area contributed by atoms with Crippen LogP contribution < -0.4 is 5.32 Å². The molecule has 6 rings (SSSR count). The van der Waals surface area contributed by atoms with Crippen LogP contribution in [-0.2, 0) is 21.7 Å². The molecule has 2 atom stereocenters. The number of imide groups is 1. The van der Waals surface area contributed by atoms with Gasteiger partial charge in [-0.2, -0.15) is 0 Å². The van der Waals surface area contributed by atoms with E-state index in [0.717, 1.165) is 11.1 Å². The van der Waals surface area contributed by atoms with Crippen molar-refractivity contribution in [2.75, 3.05) is 13.1 Å². The van der Waals surface area contributed by atoms with Crippen molar-refractivity contribution in [1.82, 2.24) is 25.4 Å². The zero-order valence-corrected chi connectivity index (χ0v) is 23.3. The molecule has 2 amide bonds. The summed E-state index contributed by atoms with van der Waals surface area (Å²) in [6.07, 6.45) is 2.49. The molecule has 2 N–H and O–H groups in total. The van der Waals surface area contributed by atoms with Crippen molar-refractivity contribution in [3.63, 3.8) is 0 Å². The van der Waals surface area contributed by atoms with E-state index < -0.39 is 28.7 Å².